The summed E-state index contributed by atoms with van der Waals surface area (Å²) in [6, 6.07) is 14.8. The summed E-state index contributed by atoms with van der Waals surface area (Å²) in [7, 11) is -0.415. The number of rotatable bonds is 5. The van der Waals surface area contributed by atoms with Gasteiger partial charge in [-0.2, -0.15) is 0 Å². The Kier molecular flexibility index (Phi) is 7.05. The number of nitrogens with one attached hydrogen (secondary N) is 1. The molecule has 8 nitrogen and oxygen atoms in total. The van der Waals surface area contributed by atoms with Gasteiger partial charge in [0.25, 0.3) is 0 Å². The molecule has 2 aliphatic rings. The average Bonchev–Trinajstić information content (AvgIpc) is 3.41. The molecule has 3 heterocycles. The van der Waals surface area contributed by atoms with Crippen LogP contribution in [0.15, 0.2) is 42.5 Å². The van der Waals surface area contributed by atoms with Crippen molar-refractivity contribution in [2.75, 3.05) is 6.54 Å². The lowest BCUT2D eigenvalue weighted by Gasteiger charge is -2.32. The van der Waals surface area contributed by atoms with Crippen molar-refractivity contribution < 1.29 is 23.6 Å². The van der Waals surface area contributed by atoms with Gasteiger partial charge in [-0.15, -0.1) is 0 Å². The van der Waals surface area contributed by atoms with E-state index in [2.05, 4.69) is 82.9 Å². The van der Waals surface area contributed by atoms with E-state index in [0.717, 1.165) is 49.7 Å². The van der Waals surface area contributed by atoms with Gasteiger partial charge in [0.2, 0.25) is 0 Å². The number of carbonyl (C=O) groups is 1. The van der Waals surface area contributed by atoms with Crippen LogP contribution >= 0.6 is 0 Å². The van der Waals surface area contributed by atoms with Crippen molar-refractivity contribution in [1.82, 2.24) is 14.9 Å². The number of H-pyrrole nitrogens is 1. The van der Waals surface area contributed by atoms with Crippen LogP contribution in [0.3, 0.4) is 0 Å². The van der Waals surface area contributed by atoms with Gasteiger partial charge in [0, 0.05) is 17.5 Å². The van der Waals surface area contributed by atoms with Crippen molar-refractivity contribution in [1.29, 1.82) is 0 Å². The number of hydrogen-bond acceptors (Lipinski definition) is 6. The Morgan fingerprint density at radius 3 is 2.44 bits per heavy atom. The van der Waals surface area contributed by atoms with Crippen molar-refractivity contribution in [2.24, 2.45) is 5.92 Å². The van der Waals surface area contributed by atoms with Crippen molar-refractivity contribution >= 4 is 40.5 Å². The number of aromatic nitrogens is 2. The lowest BCUT2D eigenvalue weighted by Crippen LogP contribution is -2.41. The van der Waals surface area contributed by atoms with Crippen LogP contribution in [-0.4, -0.2) is 51.4 Å². The highest BCUT2D eigenvalue weighted by molar-refractivity contribution is 6.62. The van der Waals surface area contributed by atoms with E-state index in [0.29, 0.717) is 25.5 Å². The van der Waals surface area contributed by atoms with E-state index in [1.54, 1.807) is 4.90 Å². The molecule has 9 heteroatoms. The number of fused-ring (bicyclic) bond motifs is 6. The van der Waals surface area contributed by atoms with Crippen LogP contribution < -0.4 is 10.2 Å². The normalized spacial score (nSPS) is 17.2. The minimum atomic E-state index is -0.568. The van der Waals surface area contributed by atoms with E-state index >= 15 is 0 Å². The Labute approximate surface area is 254 Å². The van der Waals surface area contributed by atoms with Gasteiger partial charge >= 0.3 is 13.2 Å². The summed E-state index contributed by atoms with van der Waals surface area (Å²) in [6.07, 6.45) is -0.339. The molecule has 0 radical (unpaired) electrons. The van der Waals surface area contributed by atoms with Crippen LogP contribution in [0.4, 0.5) is 4.79 Å². The summed E-state index contributed by atoms with van der Waals surface area (Å²) in [5.41, 5.74) is 4.72. The van der Waals surface area contributed by atoms with Gasteiger partial charge in [0.1, 0.15) is 23.8 Å². The molecule has 1 N–H and O–H groups in total. The lowest BCUT2D eigenvalue weighted by molar-refractivity contribution is 0.00578. The van der Waals surface area contributed by atoms with Crippen molar-refractivity contribution in [3.05, 3.63) is 53.9 Å². The van der Waals surface area contributed by atoms with E-state index in [1.807, 2.05) is 26.8 Å². The highest BCUT2D eigenvalue weighted by atomic mass is 16.7. The number of ether oxygens (including phenoxy) is 2. The van der Waals surface area contributed by atoms with Gasteiger partial charge in [-0.3, -0.25) is 0 Å². The quantitative estimate of drug-likeness (QED) is 0.256. The molecule has 226 valence electrons. The van der Waals surface area contributed by atoms with Crippen LogP contribution in [0.5, 0.6) is 5.75 Å². The van der Waals surface area contributed by atoms with E-state index < -0.39 is 23.9 Å². The van der Waals surface area contributed by atoms with Gasteiger partial charge in [-0.25, -0.2) is 9.78 Å². The summed E-state index contributed by atoms with van der Waals surface area (Å²) in [6.45, 7) is 19.5. The molecular weight excluding hydrogens is 541 g/mol. The molecule has 43 heavy (non-hydrogen) atoms. The van der Waals surface area contributed by atoms with Gasteiger partial charge < -0.3 is 28.7 Å². The third-order valence-electron chi connectivity index (χ3n) is 8.52. The SMILES string of the molecule is CC(C)CN(Cc1nc2c(ccc3cc4c(cc32)OCc2cc(B3OC(C)(C)C(C)(C)O3)ccc2-4)[nH]1)C(=O)OC(C)(C)C. The molecule has 4 aromatic rings. The Bertz CT molecular complexity index is 1700. The fraction of sp³-hybridized carbons (Fsp3) is 0.471. The van der Waals surface area contributed by atoms with Gasteiger partial charge in [-0.1, -0.05) is 38.1 Å². The van der Waals surface area contributed by atoms with Gasteiger partial charge in [0.15, 0.2) is 0 Å². The zero-order valence-corrected chi connectivity index (χ0v) is 26.8. The molecule has 0 spiro atoms. The molecule has 0 unspecified atom stereocenters. The molecular formula is C34H42BN3O5. The van der Waals surface area contributed by atoms with Crippen LogP contribution in [0.25, 0.3) is 32.9 Å². The fourth-order valence-electron chi connectivity index (χ4n) is 5.71. The number of benzene rings is 3. The first-order valence-corrected chi connectivity index (χ1v) is 15.2. The second kappa shape index (κ2) is 10.3. The monoisotopic (exact) mass is 583 g/mol. The van der Waals surface area contributed by atoms with E-state index in [-0.39, 0.29) is 12.0 Å². The number of imidazole rings is 1. The van der Waals surface area contributed by atoms with Crippen molar-refractivity contribution in [3.8, 4) is 16.9 Å². The number of aromatic amines is 1. The van der Waals surface area contributed by atoms with Crippen LogP contribution in [0.2, 0.25) is 0 Å². The van der Waals surface area contributed by atoms with E-state index in [4.69, 9.17) is 23.8 Å². The zero-order valence-electron chi connectivity index (χ0n) is 26.8. The fourth-order valence-corrected chi connectivity index (χ4v) is 5.71. The third-order valence-corrected chi connectivity index (χ3v) is 8.52. The Morgan fingerprint density at radius 2 is 1.77 bits per heavy atom. The molecule has 1 amide bonds. The number of amides is 1. The Balaban J connectivity index is 1.31. The molecule has 0 atom stereocenters. The third kappa shape index (κ3) is 5.61. The first kappa shape index (κ1) is 29.5. The summed E-state index contributed by atoms with van der Waals surface area (Å²) < 4.78 is 24.6. The maximum atomic E-state index is 13.0. The molecule has 1 fully saturated rings. The molecule has 6 rings (SSSR count). The topological polar surface area (TPSA) is 85.9 Å². The number of hydrogen-bond donors (Lipinski definition) is 1. The highest BCUT2D eigenvalue weighted by Gasteiger charge is 2.51. The molecule has 2 aliphatic heterocycles. The molecule has 1 saturated heterocycles. The second-order valence-corrected chi connectivity index (χ2v) is 14.3. The average molecular weight is 584 g/mol. The van der Waals surface area contributed by atoms with E-state index in [9.17, 15) is 4.79 Å². The largest absolute Gasteiger partial charge is 0.494 e. The minimum absolute atomic E-state index is 0.289. The van der Waals surface area contributed by atoms with Crippen molar-refractivity contribution in [2.45, 2.75) is 92.3 Å². The summed E-state index contributed by atoms with van der Waals surface area (Å²) in [4.78, 5) is 23.1. The standard InChI is InChI=1S/C34H42BN3O5/c1-20(2)17-38(31(39)41-32(3,4)5)18-29-36-27-13-10-21-15-26-24-12-11-23(35-42-33(6,7)34(8,9)43-35)14-22(24)19-40-28(26)16-25(21)30(27)37-29/h10-16,20H,17-19H2,1-9H3,(H,36,37). The summed E-state index contributed by atoms with van der Waals surface area (Å²) in [5.74, 6) is 1.83. The second-order valence-electron chi connectivity index (χ2n) is 14.3. The predicted octanol–water partition coefficient (Wildman–Crippen LogP) is 6.97. The summed E-state index contributed by atoms with van der Waals surface area (Å²) >= 11 is 0. The Morgan fingerprint density at radius 1 is 1.05 bits per heavy atom. The predicted molar refractivity (Wildman–Crippen MR) is 171 cm³/mol. The zero-order chi connectivity index (χ0) is 30.9. The highest BCUT2D eigenvalue weighted by Crippen LogP contribution is 2.42. The van der Waals surface area contributed by atoms with Crippen molar-refractivity contribution in [3.63, 3.8) is 0 Å². The smallest absolute Gasteiger partial charge is 0.488 e. The first-order chi connectivity index (χ1) is 20.1. The maximum Gasteiger partial charge on any atom is 0.494 e. The van der Waals surface area contributed by atoms with Gasteiger partial charge in [0.05, 0.1) is 28.8 Å². The van der Waals surface area contributed by atoms with Crippen LogP contribution in [0, 0.1) is 5.92 Å². The number of carbonyl (C=O) groups excluding carboxylic acids is 1. The number of nitrogens with zero attached hydrogens (tertiary/aromatic N) is 2. The van der Waals surface area contributed by atoms with E-state index in [1.165, 1.54) is 0 Å². The molecule has 0 saturated carbocycles. The lowest BCUT2D eigenvalue weighted by atomic mass is 9.77. The molecule has 3 aromatic carbocycles. The molecule has 0 bridgehead atoms. The molecule has 1 aromatic heterocycles. The first-order valence-electron chi connectivity index (χ1n) is 15.2. The minimum Gasteiger partial charge on any atom is -0.488 e. The van der Waals surface area contributed by atoms with Crippen LogP contribution in [0.1, 0.15) is 73.7 Å². The maximum absolute atomic E-state index is 13.0. The van der Waals surface area contributed by atoms with Crippen LogP contribution in [-0.2, 0) is 27.2 Å². The Hall–Kier alpha value is -3.56. The molecule has 0 aliphatic carbocycles. The van der Waals surface area contributed by atoms with Gasteiger partial charge in [-0.05, 0) is 94.6 Å². The summed E-state index contributed by atoms with van der Waals surface area (Å²) in [5, 5.41) is 2.07.